The normalized spacial score (nSPS) is 15.9. The Bertz CT molecular complexity index is 482. The van der Waals surface area contributed by atoms with E-state index in [0.717, 1.165) is 5.56 Å². The molecule has 0 spiro atoms. The summed E-state index contributed by atoms with van der Waals surface area (Å²) in [4.78, 5) is 24.3. The van der Waals surface area contributed by atoms with E-state index in [9.17, 15) is 14.7 Å². The molecule has 0 aliphatic carbocycles. The van der Waals surface area contributed by atoms with E-state index in [1.165, 1.54) is 0 Å². The highest BCUT2D eigenvalue weighted by Gasteiger charge is 2.23. The third-order valence-electron chi connectivity index (χ3n) is 3.47. The van der Waals surface area contributed by atoms with Gasteiger partial charge in [0.2, 0.25) is 0 Å². The van der Waals surface area contributed by atoms with Crippen LogP contribution in [0.3, 0.4) is 0 Å². The van der Waals surface area contributed by atoms with Crippen LogP contribution in [0.5, 0.6) is 0 Å². The lowest BCUT2D eigenvalue weighted by atomic mass is 9.97. The van der Waals surface area contributed by atoms with E-state index >= 15 is 0 Å². The van der Waals surface area contributed by atoms with Crippen LogP contribution in [0.25, 0.3) is 0 Å². The van der Waals surface area contributed by atoms with Crippen molar-refractivity contribution >= 4 is 23.6 Å². The van der Waals surface area contributed by atoms with Gasteiger partial charge in [0.05, 0.1) is 0 Å². The maximum Gasteiger partial charge on any atom is 0.317 e. The molecule has 20 heavy (non-hydrogen) atoms. The molecule has 5 nitrogen and oxygen atoms in total. The number of nitrogens with one attached hydrogen (secondary N) is 1. The molecule has 0 unspecified atom stereocenters. The SMILES string of the molecule is O=C([O-])C1CCN(C(=O)NCc2ccc(Cl)cc2)CC1. The first kappa shape index (κ1) is 14.7. The maximum absolute atomic E-state index is 11.9. The van der Waals surface area contributed by atoms with E-state index < -0.39 is 11.9 Å². The number of hydrogen-bond acceptors (Lipinski definition) is 3. The standard InChI is InChI=1S/C14H17ClN2O3/c15-12-3-1-10(2-4-12)9-16-14(20)17-7-5-11(6-8-17)13(18)19/h1-4,11H,5-9H2,(H,16,20)(H,18,19)/p-1. The first-order valence-corrected chi connectivity index (χ1v) is 6.92. The minimum atomic E-state index is -1.02. The van der Waals surface area contributed by atoms with Crippen molar-refractivity contribution in [2.45, 2.75) is 19.4 Å². The van der Waals surface area contributed by atoms with Crippen molar-refractivity contribution in [2.24, 2.45) is 5.92 Å². The number of piperidine rings is 1. The summed E-state index contributed by atoms with van der Waals surface area (Å²) >= 11 is 5.79. The summed E-state index contributed by atoms with van der Waals surface area (Å²) in [6, 6.07) is 7.08. The van der Waals surface area contributed by atoms with Crippen molar-refractivity contribution in [3.63, 3.8) is 0 Å². The number of halogens is 1. The number of carbonyl (C=O) groups is 2. The van der Waals surface area contributed by atoms with Gasteiger partial charge in [-0.05, 0) is 30.5 Å². The van der Waals surface area contributed by atoms with E-state index in [-0.39, 0.29) is 6.03 Å². The second-order valence-corrected chi connectivity index (χ2v) is 5.30. The Morgan fingerprint density at radius 1 is 1.25 bits per heavy atom. The van der Waals surface area contributed by atoms with Crippen LogP contribution in [0.2, 0.25) is 5.02 Å². The van der Waals surface area contributed by atoms with E-state index in [4.69, 9.17) is 11.6 Å². The molecule has 0 radical (unpaired) electrons. The summed E-state index contributed by atoms with van der Waals surface area (Å²) in [6.07, 6.45) is 0.910. The lowest BCUT2D eigenvalue weighted by molar-refractivity contribution is -0.312. The Kier molecular flexibility index (Phi) is 4.84. The van der Waals surface area contributed by atoms with Gasteiger partial charge in [-0.2, -0.15) is 0 Å². The average molecular weight is 296 g/mol. The van der Waals surface area contributed by atoms with Crippen molar-refractivity contribution < 1.29 is 14.7 Å². The molecule has 0 atom stereocenters. The van der Waals surface area contributed by atoms with E-state index in [2.05, 4.69) is 5.32 Å². The van der Waals surface area contributed by atoms with Crippen LogP contribution in [-0.4, -0.2) is 30.0 Å². The van der Waals surface area contributed by atoms with Crippen LogP contribution in [0, 0.1) is 5.92 Å². The quantitative estimate of drug-likeness (QED) is 0.904. The second kappa shape index (κ2) is 6.61. The largest absolute Gasteiger partial charge is 0.550 e. The van der Waals surface area contributed by atoms with Crippen molar-refractivity contribution in [3.05, 3.63) is 34.9 Å². The van der Waals surface area contributed by atoms with Gasteiger partial charge in [-0.3, -0.25) is 0 Å². The number of carbonyl (C=O) groups excluding carboxylic acids is 2. The Hall–Kier alpha value is -1.75. The van der Waals surface area contributed by atoms with Gasteiger partial charge in [0.15, 0.2) is 0 Å². The molecular formula is C14H16ClN2O3-. The molecule has 1 fully saturated rings. The van der Waals surface area contributed by atoms with E-state index in [1.807, 2.05) is 12.1 Å². The zero-order valence-electron chi connectivity index (χ0n) is 11.0. The highest BCUT2D eigenvalue weighted by Crippen LogP contribution is 2.16. The van der Waals surface area contributed by atoms with Gasteiger partial charge in [0.25, 0.3) is 0 Å². The highest BCUT2D eigenvalue weighted by atomic mass is 35.5. The number of nitrogens with zero attached hydrogens (tertiary/aromatic N) is 1. The third kappa shape index (κ3) is 3.87. The molecule has 2 amide bonds. The second-order valence-electron chi connectivity index (χ2n) is 4.87. The molecule has 0 saturated carbocycles. The number of rotatable bonds is 3. The molecule has 0 aromatic heterocycles. The van der Waals surface area contributed by atoms with Gasteiger partial charge in [0.1, 0.15) is 0 Å². The lowest BCUT2D eigenvalue weighted by Crippen LogP contribution is -2.47. The predicted molar refractivity (Wildman–Crippen MR) is 73.0 cm³/mol. The Balaban J connectivity index is 1.78. The molecule has 108 valence electrons. The molecule has 1 aliphatic heterocycles. The summed E-state index contributed by atoms with van der Waals surface area (Å²) in [6.45, 7) is 1.33. The molecule has 1 N–H and O–H groups in total. The fourth-order valence-corrected chi connectivity index (χ4v) is 2.34. The van der Waals surface area contributed by atoms with Crippen LogP contribution in [0.4, 0.5) is 4.79 Å². The lowest BCUT2D eigenvalue weighted by Gasteiger charge is -2.32. The highest BCUT2D eigenvalue weighted by molar-refractivity contribution is 6.30. The fourth-order valence-electron chi connectivity index (χ4n) is 2.21. The molecule has 1 aromatic carbocycles. The first-order valence-electron chi connectivity index (χ1n) is 6.54. The number of hydrogen-bond donors (Lipinski definition) is 1. The number of likely N-dealkylation sites (tertiary alicyclic amines) is 1. The molecule has 1 heterocycles. The number of carboxylic acid groups (broad SMARTS) is 1. The van der Waals surface area contributed by atoms with Crippen LogP contribution in [0.1, 0.15) is 18.4 Å². The van der Waals surface area contributed by atoms with Gasteiger partial charge in [0, 0.05) is 36.5 Å². The van der Waals surface area contributed by atoms with Crippen molar-refractivity contribution in [3.8, 4) is 0 Å². The van der Waals surface area contributed by atoms with Crippen LogP contribution in [-0.2, 0) is 11.3 Å². The number of aliphatic carboxylic acids is 1. The Morgan fingerprint density at radius 2 is 1.85 bits per heavy atom. The number of benzene rings is 1. The number of carboxylic acids is 1. The molecule has 6 heteroatoms. The van der Waals surface area contributed by atoms with Crippen LogP contribution < -0.4 is 10.4 Å². The Morgan fingerprint density at radius 3 is 2.40 bits per heavy atom. The van der Waals surface area contributed by atoms with Crippen LogP contribution in [0.15, 0.2) is 24.3 Å². The molecule has 0 bridgehead atoms. The van der Waals surface area contributed by atoms with Gasteiger partial charge >= 0.3 is 6.03 Å². The summed E-state index contributed by atoms with van der Waals surface area (Å²) in [5, 5.41) is 14.2. The van der Waals surface area contributed by atoms with Crippen molar-refractivity contribution in [2.75, 3.05) is 13.1 Å². The van der Waals surface area contributed by atoms with Gasteiger partial charge < -0.3 is 20.1 Å². The van der Waals surface area contributed by atoms with E-state index in [0.29, 0.717) is 37.5 Å². The number of urea groups is 1. The van der Waals surface area contributed by atoms with Crippen molar-refractivity contribution in [1.29, 1.82) is 0 Å². The monoisotopic (exact) mass is 295 g/mol. The molecule has 2 rings (SSSR count). The zero-order chi connectivity index (χ0) is 14.5. The summed E-state index contributed by atoms with van der Waals surface area (Å²) < 4.78 is 0. The minimum absolute atomic E-state index is 0.170. The van der Waals surface area contributed by atoms with E-state index in [1.54, 1.807) is 17.0 Å². The molecule has 1 aromatic rings. The minimum Gasteiger partial charge on any atom is -0.550 e. The van der Waals surface area contributed by atoms with Crippen LogP contribution >= 0.6 is 11.6 Å². The predicted octanol–water partition coefficient (Wildman–Crippen LogP) is 1.01. The first-order chi connectivity index (χ1) is 9.56. The topological polar surface area (TPSA) is 72.5 Å². The molecule has 1 aliphatic rings. The zero-order valence-corrected chi connectivity index (χ0v) is 11.7. The molecular weight excluding hydrogens is 280 g/mol. The number of amides is 2. The van der Waals surface area contributed by atoms with Crippen molar-refractivity contribution in [1.82, 2.24) is 10.2 Å². The maximum atomic E-state index is 11.9. The third-order valence-corrected chi connectivity index (χ3v) is 3.72. The van der Waals surface area contributed by atoms with Gasteiger partial charge in [-0.15, -0.1) is 0 Å². The smallest absolute Gasteiger partial charge is 0.317 e. The summed E-state index contributed by atoms with van der Waals surface area (Å²) in [7, 11) is 0. The fraction of sp³-hybridized carbons (Fsp3) is 0.429. The molecule has 1 saturated heterocycles. The van der Waals surface area contributed by atoms with Gasteiger partial charge in [-0.1, -0.05) is 23.7 Å². The van der Waals surface area contributed by atoms with Gasteiger partial charge in [-0.25, -0.2) is 4.79 Å². The summed E-state index contributed by atoms with van der Waals surface area (Å²) in [5.74, 6) is -1.46. The summed E-state index contributed by atoms with van der Waals surface area (Å²) in [5.41, 5.74) is 0.965. The average Bonchev–Trinajstić information content (AvgIpc) is 2.46. The Labute approximate surface area is 122 Å².